The Kier molecular flexibility index (Phi) is 4.95. The maximum absolute atomic E-state index is 12.1. The highest BCUT2D eigenvalue weighted by Crippen LogP contribution is 2.16. The van der Waals surface area contributed by atoms with Gasteiger partial charge in [0.2, 0.25) is 0 Å². The van der Waals surface area contributed by atoms with Gasteiger partial charge < -0.3 is 15.1 Å². The highest BCUT2D eigenvalue weighted by Gasteiger charge is 2.35. The maximum Gasteiger partial charge on any atom is 0.317 e. The number of likely N-dealkylation sites (tertiary alicyclic amines) is 1. The average molecular weight is 302 g/mol. The summed E-state index contributed by atoms with van der Waals surface area (Å²) in [6, 6.07) is 10.9. The smallest absolute Gasteiger partial charge is 0.317 e. The summed E-state index contributed by atoms with van der Waals surface area (Å²) in [5, 5.41) is 3.02. The Morgan fingerprint density at radius 2 is 1.82 bits per heavy atom. The monoisotopic (exact) mass is 302 g/mol. The lowest BCUT2D eigenvalue weighted by atomic mass is 10.1. The molecule has 0 saturated carbocycles. The molecule has 1 aromatic rings. The van der Waals surface area contributed by atoms with E-state index >= 15 is 0 Å². The number of nitrogens with zero attached hydrogens (tertiary/aromatic N) is 3. The first-order chi connectivity index (χ1) is 10.7. The van der Waals surface area contributed by atoms with Gasteiger partial charge in [-0.2, -0.15) is 0 Å². The molecule has 120 valence electrons. The second kappa shape index (κ2) is 7.11. The van der Waals surface area contributed by atoms with Crippen LogP contribution in [0, 0.1) is 0 Å². The quantitative estimate of drug-likeness (QED) is 0.897. The number of carbonyl (C=O) groups is 1. The summed E-state index contributed by atoms with van der Waals surface area (Å²) in [5.74, 6) is 0. The highest BCUT2D eigenvalue weighted by atomic mass is 16.2. The van der Waals surface area contributed by atoms with Gasteiger partial charge in [0, 0.05) is 51.9 Å². The first-order valence-electron chi connectivity index (χ1n) is 8.21. The molecule has 3 rings (SSSR count). The molecule has 2 amide bonds. The van der Waals surface area contributed by atoms with E-state index in [4.69, 9.17) is 0 Å². The number of urea groups is 1. The van der Waals surface area contributed by atoms with Crippen LogP contribution >= 0.6 is 0 Å². The summed E-state index contributed by atoms with van der Waals surface area (Å²) < 4.78 is 0. The maximum atomic E-state index is 12.1. The van der Waals surface area contributed by atoms with Crippen LogP contribution < -0.4 is 5.32 Å². The molecule has 0 spiro atoms. The van der Waals surface area contributed by atoms with Gasteiger partial charge >= 0.3 is 6.03 Å². The van der Waals surface area contributed by atoms with Gasteiger partial charge in [0.25, 0.3) is 0 Å². The first-order valence-corrected chi connectivity index (χ1v) is 8.21. The van der Waals surface area contributed by atoms with Gasteiger partial charge in [-0.15, -0.1) is 0 Å². The summed E-state index contributed by atoms with van der Waals surface area (Å²) in [7, 11) is 2.17. The Morgan fingerprint density at radius 1 is 1.14 bits per heavy atom. The molecule has 0 aliphatic carbocycles. The SMILES string of the molecule is CN1CCN(C2CN(C(=O)NCCc3ccccc3)C2)CC1. The number of piperazine rings is 1. The lowest BCUT2D eigenvalue weighted by Gasteiger charge is -2.47. The van der Waals surface area contributed by atoms with E-state index in [-0.39, 0.29) is 6.03 Å². The average Bonchev–Trinajstić information content (AvgIpc) is 2.49. The molecule has 2 aliphatic heterocycles. The van der Waals surface area contributed by atoms with Crippen molar-refractivity contribution in [3.63, 3.8) is 0 Å². The number of amides is 2. The van der Waals surface area contributed by atoms with Crippen molar-refractivity contribution < 1.29 is 4.79 Å². The topological polar surface area (TPSA) is 38.8 Å². The minimum atomic E-state index is 0.0845. The predicted molar refractivity (Wildman–Crippen MR) is 88.0 cm³/mol. The third-order valence-corrected chi connectivity index (χ3v) is 4.74. The van der Waals surface area contributed by atoms with Crippen LogP contribution in [-0.2, 0) is 6.42 Å². The van der Waals surface area contributed by atoms with Crippen LogP contribution in [-0.4, -0.2) is 79.6 Å². The fourth-order valence-electron chi connectivity index (χ4n) is 3.11. The van der Waals surface area contributed by atoms with Gasteiger partial charge in [-0.05, 0) is 19.0 Å². The minimum Gasteiger partial charge on any atom is -0.338 e. The van der Waals surface area contributed by atoms with Gasteiger partial charge in [-0.1, -0.05) is 30.3 Å². The molecular formula is C17H26N4O. The van der Waals surface area contributed by atoms with E-state index in [0.29, 0.717) is 12.6 Å². The van der Waals surface area contributed by atoms with Crippen molar-refractivity contribution in [2.24, 2.45) is 0 Å². The number of rotatable bonds is 4. The molecule has 2 heterocycles. The van der Waals surface area contributed by atoms with E-state index in [1.165, 1.54) is 5.56 Å². The third kappa shape index (κ3) is 3.78. The number of benzene rings is 1. The van der Waals surface area contributed by atoms with E-state index < -0.39 is 0 Å². The Hall–Kier alpha value is -1.59. The largest absolute Gasteiger partial charge is 0.338 e. The summed E-state index contributed by atoms with van der Waals surface area (Å²) in [5.41, 5.74) is 1.27. The molecular weight excluding hydrogens is 276 g/mol. The van der Waals surface area contributed by atoms with Crippen LogP contribution in [0.15, 0.2) is 30.3 Å². The van der Waals surface area contributed by atoms with Crippen molar-refractivity contribution in [1.29, 1.82) is 0 Å². The summed E-state index contributed by atoms with van der Waals surface area (Å²) in [6.07, 6.45) is 0.891. The lowest BCUT2D eigenvalue weighted by Crippen LogP contribution is -2.65. The van der Waals surface area contributed by atoms with Gasteiger partial charge in [-0.3, -0.25) is 4.90 Å². The zero-order chi connectivity index (χ0) is 15.4. The van der Waals surface area contributed by atoms with Crippen molar-refractivity contribution in [3.05, 3.63) is 35.9 Å². The second-order valence-corrected chi connectivity index (χ2v) is 6.37. The number of carbonyl (C=O) groups excluding carboxylic acids is 1. The molecule has 0 atom stereocenters. The summed E-state index contributed by atoms with van der Waals surface area (Å²) in [6.45, 7) is 7.00. The van der Waals surface area contributed by atoms with E-state index in [1.54, 1.807) is 0 Å². The molecule has 0 unspecified atom stereocenters. The number of hydrogen-bond acceptors (Lipinski definition) is 3. The molecule has 2 saturated heterocycles. The van der Waals surface area contributed by atoms with Crippen LogP contribution in [0.3, 0.4) is 0 Å². The van der Waals surface area contributed by atoms with E-state index in [0.717, 1.165) is 45.7 Å². The Balaban J connectivity index is 1.33. The van der Waals surface area contributed by atoms with Gasteiger partial charge in [0.15, 0.2) is 0 Å². The van der Waals surface area contributed by atoms with Crippen molar-refractivity contribution in [1.82, 2.24) is 20.0 Å². The van der Waals surface area contributed by atoms with Crippen LogP contribution in [0.4, 0.5) is 4.79 Å². The Bertz CT molecular complexity index is 479. The first kappa shape index (κ1) is 15.3. The molecule has 0 aromatic heterocycles. The second-order valence-electron chi connectivity index (χ2n) is 6.37. The minimum absolute atomic E-state index is 0.0845. The third-order valence-electron chi connectivity index (χ3n) is 4.74. The molecule has 5 heteroatoms. The van der Waals surface area contributed by atoms with Crippen LogP contribution in [0.1, 0.15) is 5.56 Å². The molecule has 0 radical (unpaired) electrons. The molecule has 2 fully saturated rings. The van der Waals surface area contributed by atoms with Crippen LogP contribution in [0.2, 0.25) is 0 Å². The molecule has 5 nitrogen and oxygen atoms in total. The van der Waals surface area contributed by atoms with Gasteiger partial charge in [0.1, 0.15) is 0 Å². The number of nitrogens with one attached hydrogen (secondary N) is 1. The molecule has 1 N–H and O–H groups in total. The van der Waals surface area contributed by atoms with Gasteiger partial charge in [-0.25, -0.2) is 4.79 Å². The standard InChI is InChI=1S/C17H26N4O/c1-19-9-11-20(12-10-19)16-13-21(14-16)17(22)18-8-7-15-5-3-2-4-6-15/h2-6,16H,7-14H2,1H3,(H,18,22). The van der Waals surface area contributed by atoms with Crippen LogP contribution in [0.5, 0.6) is 0 Å². The fraction of sp³-hybridized carbons (Fsp3) is 0.588. The van der Waals surface area contributed by atoms with Crippen molar-refractivity contribution >= 4 is 6.03 Å². The van der Waals surface area contributed by atoms with Crippen molar-refractivity contribution in [2.45, 2.75) is 12.5 Å². The Morgan fingerprint density at radius 3 is 2.50 bits per heavy atom. The normalized spacial score (nSPS) is 20.7. The number of likely N-dealkylation sites (N-methyl/N-ethyl adjacent to an activating group) is 1. The van der Waals surface area contributed by atoms with E-state index in [2.05, 4.69) is 34.3 Å². The fourth-order valence-corrected chi connectivity index (χ4v) is 3.11. The van der Waals surface area contributed by atoms with Crippen molar-refractivity contribution in [2.75, 3.05) is 52.9 Å². The molecule has 22 heavy (non-hydrogen) atoms. The van der Waals surface area contributed by atoms with Crippen molar-refractivity contribution in [3.8, 4) is 0 Å². The molecule has 2 aliphatic rings. The van der Waals surface area contributed by atoms with E-state index in [1.807, 2.05) is 23.1 Å². The summed E-state index contributed by atoms with van der Waals surface area (Å²) >= 11 is 0. The number of hydrogen-bond donors (Lipinski definition) is 1. The highest BCUT2D eigenvalue weighted by molar-refractivity contribution is 5.75. The zero-order valence-corrected chi connectivity index (χ0v) is 13.4. The molecule has 1 aromatic carbocycles. The predicted octanol–water partition coefficient (Wildman–Crippen LogP) is 0.870. The molecule has 0 bridgehead atoms. The lowest BCUT2D eigenvalue weighted by molar-refractivity contribution is 0.0287. The zero-order valence-electron chi connectivity index (χ0n) is 13.4. The van der Waals surface area contributed by atoms with Gasteiger partial charge in [0.05, 0.1) is 0 Å². The summed E-state index contributed by atoms with van der Waals surface area (Å²) in [4.78, 5) is 18.9. The Labute approximate surface area is 132 Å². The van der Waals surface area contributed by atoms with E-state index in [9.17, 15) is 4.79 Å². The van der Waals surface area contributed by atoms with Crippen LogP contribution in [0.25, 0.3) is 0 Å².